The summed E-state index contributed by atoms with van der Waals surface area (Å²) in [4.78, 5) is 16.4. The average Bonchev–Trinajstić information content (AvgIpc) is 2.48. The Labute approximate surface area is 131 Å². The van der Waals surface area contributed by atoms with Gasteiger partial charge in [-0.3, -0.25) is 4.79 Å². The van der Waals surface area contributed by atoms with E-state index >= 15 is 0 Å². The lowest BCUT2D eigenvalue weighted by atomic mass is 10.1. The van der Waals surface area contributed by atoms with Crippen LogP contribution in [0.15, 0.2) is 5.03 Å². The highest BCUT2D eigenvalue weighted by Crippen LogP contribution is 2.26. The second-order valence-corrected chi connectivity index (χ2v) is 6.07. The van der Waals surface area contributed by atoms with Crippen LogP contribution in [-0.4, -0.2) is 22.7 Å². The molecular weight excluding hydrogens is 282 g/mol. The molecule has 4 nitrogen and oxygen atoms in total. The van der Waals surface area contributed by atoms with Gasteiger partial charge in [-0.2, -0.15) is 5.26 Å². The number of nitrogens with zero attached hydrogens (tertiary/aromatic N) is 2. The van der Waals surface area contributed by atoms with Gasteiger partial charge in [-0.25, -0.2) is 4.98 Å². The highest BCUT2D eigenvalue weighted by molar-refractivity contribution is 8.00. The van der Waals surface area contributed by atoms with Crippen LogP contribution in [0.25, 0.3) is 0 Å². The van der Waals surface area contributed by atoms with Crippen LogP contribution in [-0.2, 0) is 4.79 Å². The van der Waals surface area contributed by atoms with Gasteiger partial charge < -0.3 is 5.32 Å². The molecule has 0 aliphatic carbocycles. The van der Waals surface area contributed by atoms with E-state index in [4.69, 9.17) is 0 Å². The molecule has 0 unspecified atom stereocenters. The van der Waals surface area contributed by atoms with Gasteiger partial charge in [-0.05, 0) is 44.7 Å². The van der Waals surface area contributed by atoms with Crippen molar-refractivity contribution in [1.82, 2.24) is 10.3 Å². The van der Waals surface area contributed by atoms with Crippen LogP contribution in [0.3, 0.4) is 0 Å². The van der Waals surface area contributed by atoms with E-state index in [0.717, 1.165) is 29.7 Å². The van der Waals surface area contributed by atoms with Gasteiger partial charge in [0.1, 0.15) is 11.1 Å². The van der Waals surface area contributed by atoms with Gasteiger partial charge >= 0.3 is 0 Å². The first-order valence-electron chi connectivity index (χ1n) is 7.24. The SMILES string of the molecule is CCC(CC)NC(=O)CSc1nc(C)c(C)c(C)c1C#N. The van der Waals surface area contributed by atoms with E-state index in [-0.39, 0.29) is 11.9 Å². The number of carbonyl (C=O) groups excluding carboxylic acids is 1. The topological polar surface area (TPSA) is 65.8 Å². The van der Waals surface area contributed by atoms with Crippen molar-refractivity contribution in [3.63, 3.8) is 0 Å². The molecule has 114 valence electrons. The van der Waals surface area contributed by atoms with Crippen LogP contribution >= 0.6 is 11.8 Å². The second-order valence-electron chi connectivity index (χ2n) is 5.11. The summed E-state index contributed by atoms with van der Waals surface area (Å²) in [5.41, 5.74) is 3.48. The zero-order chi connectivity index (χ0) is 16.0. The van der Waals surface area contributed by atoms with Crippen LogP contribution in [0.1, 0.15) is 49.1 Å². The predicted molar refractivity (Wildman–Crippen MR) is 86.4 cm³/mol. The van der Waals surface area contributed by atoms with Crippen LogP contribution in [0.2, 0.25) is 0 Å². The van der Waals surface area contributed by atoms with Gasteiger partial charge in [-0.1, -0.05) is 25.6 Å². The van der Waals surface area contributed by atoms with Crippen molar-refractivity contribution < 1.29 is 4.79 Å². The van der Waals surface area contributed by atoms with Gasteiger partial charge in [-0.15, -0.1) is 0 Å². The van der Waals surface area contributed by atoms with Crippen molar-refractivity contribution in [3.05, 3.63) is 22.4 Å². The first kappa shape index (κ1) is 17.5. The molecule has 0 radical (unpaired) electrons. The Bertz CT molecular complexity index is 560. The molecular formula is C16H23N3OS. The first-order valence-corrected chi connectivity index (χ1v) is 8.23. The third-order valence-electron chi connectivity index (χ3n) is 3.77. The number of amides is 1. The minimum Gasteiger partial charge on any atom is -0.353 e. The number of hydrogen-bond acceptors (Lipinski definition) is 4. The summed E-state index contributed by atoms with van der Waals surface area (Å²) in [5, 5.41) is 12.9. The maximum Gasteiger partial charge on any atom is 0.230 e. The molecule has 1 aromatic heterocycles. The largest absolute Gasteiger partial charge is 0.353 e. The number of carbonyl (C=O) groups is 1. The summed E-state index contributed by atoms with van der Waals surface area (Å²) in [5.74, 6) is 0.287. The number of thioether (sulfide) groups is 1. The highest BCUT2D eigenvalue weighted by atomic mass is 32.2. The molecule has 0 atom stereocenters. The standard InChI is InChI=1S/C16H23N3OS/c1-6-13(7-2)19-15(20)9-21-16-14(8-17)11(4)10(3)12(5)18-16/h13H,6-7,9H2,1-5H3,(H,19,20). The molecule has 0 fully saturated rings. The van der Waals surface area contributed by atoms with Crippen molar-refractivity contribution in [2.45, 2.75) is 58.5 Å². The third-order valence-corrected chi connectivity index (χ3v) is 4.74. The van der Waals surface area contributed by atoms with Crippen molar-refractivity contribution >= 4 is 17.7 Å². The number of pyridine rings is 1. The number of rotatable bonds is 6. The monoisotopic (exact) mass is 305 g/mol. The van der Waals surface area contributed by atoms with Crippen LogP contribution in [0.4, 0.5) is 0 Å². The Balaban J connectivity index is 2.81. The van der Waals surface area contributed by atoms with Gasteiger partial charge in [0.2, 0.25) is 5.91 Å². The van der Waals surface area contributed by atoms with E-state index in [1.807, 2.05) is 20.8 Å². The summed E-state index contributed by atoms with van der Waals surface area (Å²) >= 11 is 1.33. The molecule has 1 aromatic rings. The van der Waals surface area contributed by atoms with Crippen molar-refractivity contribution in [3.8, 4) is 6.07 Å². The zero-order valence-electron chi connectivity index (χ0n) is 13.4. The number of nitrogens with one attached hydrogen (secondary N) is 1. The van der Waals surface area contributed by atoms with E-state index < -0.39 is 0 Å². The molecule has 0 saturated carbocycles. The summed E-state index contributed by atoms with van der Waals surface area (Å²) in [7, 11) is 0. The Kier molecular flexibility index (Phi) is 6.70. The number of hydrogen-bond donors (Lipinski definition) is 1. The van der Waals surface area contributed by atoms with Gasteiger partial charge in [0.05, 0.1) is 11.3 Å². The van der Waals surface area contributed by atoms with Crippen LogP contribution in [0.5, 0.6) is 0 Å². The highest BCUT2D eigenvalue weighted by Gasteiger charge is 2.15. The van der Waals surface area contributed by atoms with E-state index in [1.54, 1.807) is 0 Å². The molecule has 0 spiro atoms. The lowest BCUT2D eigenvalue weighted by Gasteiger charge is -2.15. The van der Waals surface area contributed by atoms with E-state index in [2.05, 4.69) is 30.2 Å². The quantitative estimate of drug-likeness (QED) is 0.819. The molecule has 1 amide bonds. The van der Waals surface area contributed by atoms with Crippen LogP contribution < -0.4 is 5.32 Å². The molecule has 1 rings (SSSR count). The molecule has 0 bridgehead atoms. The Morgan fingerprint density at radius 2 is 1.90 bits per heavy atom. The lowest BCUT2D eigenvalue weighted by molar-refractivity contribution is -0.119. The predicted octanol–water partition coefficient (Wildman–Crippen LogP) is 3.28. The minimum atomic E-state index is -0.00438. The van der Waals surface area contributed by atoms with E-state index in [1.165, 1.54) is 11.8 Å². The molecule has 5 heteroatoms. The fraction of sp³-hybridized carbons (Fsp3) is 0.562. The van der Waals surface area contributed by atoms with E-state index in [0.29, 0.717) is 16.3 Å². The number of aryl methyl sites for hydroxylation is 1. The first-order chi connectivity index (χ1) is 9.94. The van der Waals surface area contributed by atoms with Crippen molar-refractivity contribution in [2.24, 2.45) is 0 Å². The number of aromatic nitrogens is 1. The van der Waals surface area contributed by atoms with Crippen LogP contribution in [0, 0.1) is 32.1 Å². The van der Waals surface area contributed by atoms with E-state index in [9.17, 15) is 10.1 Å². The third kappa shape index (κ3) is 4.47. The maximum atomic E-state index is 11.9. The van der Waals surface area contributed by atoms with Crippen molar-refractivity contribution in [1.29, 1.82) is 5.26 Å². The molecule has 0 aliphatic rings. The minimum absolute atomic E-state index is 0.00438. The zero-order valence-corrected chi connectivity index (χ0v) is 14.2. The van der Waals surface area contributed by atoms with Crippen molar-refractivity contribution in [2.75, 3.05) is 5.75 Å². The molecule has 0 saturated heterocycles. The Hall–Kier alpha value is -1.54. The smallest absolute Gasteiger partial charge is 0.230 e. The fourth-order valence-corrected chi connectivity index (χ4v) is 2.94. The van der Waals surface area contributed by atoms with Gasteiger partial charge in [0.25, 0.3) is 0 Å². The molecule has 21 heavy (non-hydrogen) atoms. The maximum absolute atomic E-state index is 11.9. The average molecular weight is 305 g/mol. The molecule has 0 aliphatic heterocycles. The molecule has 1 N–H and O–H groups in total. The summed E-state index contributed by atoms with van der Waals surface area (Å²) in [6.07, 6.45) is 1.86. The summed E-state index contributed by atoms with van der Waals surface area (Å²) < 4.78 is 0. The van der Waals surface area contributed by atoms with Gasteiger partial charge in [0, 0.05) is 11.7 Å². The second kappa shape index (κ2) is 8.04. The Morgan fingerprint density at radius 1 is 1.29 bits per heavy atom. The lowest BCUT2D eigenvalue weighted by Crippen LogP contribution is -2.35. The normalized spacial score (nSPS) is 10.5. The molecule has 0 aromatic carbocycles. The van der Waals surface area contributed by atoms with Gasteiger partial charge in [0.15, 0.2) is 0 Å². The Morgan fingerprint density at radius 3 is 2.43 bits per heavy atom. The number of nitriles is 1. The molecule has 1 heterocycles. The fourth-order valence-electron chi connectivity index (χ4n) is 2.04. The summed E-state index contributed by atoms with van der Waals surface area (Å²) in [6, 6.07) is 2.43. The summed E-state index contributed by atoms with van der Waals surface area (Å²) in [6.45, 7) is 9.94.